The molecule has 1 aliphatic rings. The lowest BCUT2D eigenvalue weighted by Gasteiger charge is -2.27. The van der Waals surface area contributed by atoms with Gasteiger partial charge < -0.3 is 10.8 Å². The Labute approximate surface area is 114 Å². The van der Waals surface area contributed by atoms with Crippen LogP contribution in [0.1, 0.15) is 32.1 Å². The molecule has 0 atom stereocenters. The smallest absolute Gasteiger partial charge is 0.218 e. The minimum absolute atomic E-state index is 0.0246. The Morgan fingerprint density at radius 3 is 2.37 bits per heavy atom. The van der Waals surface area contributed by atoms with Crippen LogP contribution in [0.15, 0.2) is 0 Å². The Morgan fingerprint density at radius 1 is 1.21 bits per heavy atom. The SMILES string of the molecule is NC(=O)CCS(=O)(=O)CCN(CCO)C1CCCC1. The van der Waals surface area contributed by atoms with Gasteiger partial charge in [0, 0.05) is 25.6 Å². The van der Waals surface area contributed by atoms with Crippen LogP contribution in [0.3, 0.4) is 0 Å². The molecule has 1 amide bonds. The van der Waals surface area contributed by atoms with E-state index >= 15 is 0 Å². The van der Waals surface area contributed by atoms with Gasteiger partial charge in [0.2, 0.25) is 5.91 Å². The third-order valence-corrected chi connectivity index (χ3v) is 5.21. The van der Waals surface area contributed by atoms with Gasteiger partial charge in [-0.3, -0.25) is 9.69 Å². The molecule has 6 nitrogen and oxygen atoms in total. The van der Waals surface area contributed by atoms with Crippen LogP contribution >= 0.6 is 0 Å². The van der Waals surface area contributed by atoms with E-state index in [0.717, 1.165) is 12.8 Å². The molecule has 0 aromatic carbocycles. The molecular weight excluding hydrogens is 268 g/mol. The van der Waals surface area contributed by atoms with Crippen LogP contribution in [0.2, 0.25) is 0 Å². The average molecular weight is 292 g/mol. The van der Waals surface area contributed by atoms with Crippen LogP contribution in [0.25, 0.3) is 0 Å². The molecule has 0 heterocycles. The topological polar surface area (TPSA) is 101 Å². The van der Waals surface area contributed by atoms with E-state index in [-0.39, 0.29) is 24.5 Å². The predicted octanol–water partition coefficient (Wildman–Crippen LogP) is -0.486. The van der Waals surface area contributed by atoms with Crippen LogP contribution in [0.5, 0.6) is 0 Å². The van der Waals surface area contributed by atoms with Crippen molar-refractivity contribution in [2.75, 3.05) is 31.2 Å². The lowest BCUT2D eigenvalue weighted by Crippen LogP contribution is -2.39. The molecule has 0 aromatic heterocycles. The second-order valence-corrected chi connectivity index (χ2v) is 7.37. The number of nitrogens with two attached hydrogens (primary N) is 1. The number of rotatable bonds is 9. The average Bonchev–Trinajstić information content (AvgIpc) is 2.86. The summed E-state index contributed by atoms with van der Waals surface area (Å²) >= 11 is 0. The summed E-state index contributed by atoms with van der Waals surface area (Å²) in [7, 11) is -3.24. The van der Waals surface area contributed by atoms with Crippen molar-refractivity contribution in [2.45, 2.75) is 38.1 Å². The summed E-state index contributed by atoms with van der Waals surface area (Å²) in [6, 6.07) is 0.387. The van der Waals surface area contributed by atoms with Crippen LogP contribution in [-0.2, 0) is 14.6 Å². The predicted molar refractivity (Wildman–Crippen MR) is 73.4 cm³/mol. The monoisotopic (exact) mass is 292 g/mol. The first kappa shape index (κ1) is 16.4. The van der Waals surface area contributed by atoms with E-state index in [1.54, 1.807) is 0 Å². The second kappa shape index (κ2) is 7.81. The van der Waals surface area contributed by atoms with E-state index in [0.29, 0.717) is 19.1 Å². The number of nitrogens with zero attached hydrogens (tertiary/aromatic N) is 1. The maximum atomic E-state index is 11.8. The van der Waals surface area contributed by atoms with Crippen molar-refractivity contribution in [1.29, 1.82) is 0 Å². The maximum Gasteiger partial charge on any atom is 0.218 e. The quantitative estimate of drug-likeness (QED) is 0.597. The number of amides is 1. The molecule has 1 rings (SSSR count). The van der Waals surface area contributed by atoms with Gasteiger partial charge in [-0.25, -0.2) is 8.42 Å². The van der Waals surface area contributed by atoms with Gasteiger partial charge in [-0.05, 0) is 12.8 Å². The molecule has 19 heavy (non-hydrogen) atoms. The van der Waals surface area contributed by atoms with Gasteiger partial charge in [0.25, 0.3) is 0 Å². The fourth-order valence-corrected chi connectivity index (χ4v) is 3.72. The number of aliphatic hydroxyl groups excluding tert-OH is 1. The summed E-state index contributed by atoms with van der Waals surface area (Å²) < 4.78 is 23.5. The molecule has 1 fully saturated rings. The van der Waals surface area contributed by atoms with Crippen molar-refractivity contribution >= 4 is 15.7 Å². The number of carbonyl (C=O) groups excluding carboxylic acids is 1. The summed E-state index contributed by atoms with van der Waals surface area (Å²) in [6.45, 7) is 0.972. The summed E-state index contributed by atoms with van der Waals surface area (Å²) in [4.78, 5) is 12.7. The molecule has 0 bridgehead atoms. The summed E-state index contributed by atoms with van der Waals surface area (Å²) in [6.07, 6.45) is 4.36. The van der Waals surface area contributed by atoms with Gasteiger partial charge in [-0.15, -0.1) is 0 Å². The lowest BCUT2D eigenvalue weighted by atomic mass is 10.2. The Hall–Kier alpha value is -0.660. The van der Waals surface area contributed by atoms with E-state index in [4.69, 9.17) is 10.8 Å². The highest BCUT2D eigenvalue weighted by atomic mass is 32.2. The van der Waals surface area contributed by atoms with Gasteiger partial charge in [-0.2, -0.15) is 0 Å². The molecule has 1 saturated carbocycles. The van der Waals surface area contributed by atoms with Crippen molar-refractivity contribution in [3.63, 3.8) is 0 Å². The number of carbonyl (C=O) groups is 1. The zero-order valence-electron chi connectivity index (χ0n) is 11.3. The highest BCUT2D eigenvalue weighted by molar-refractivity contribution is 7.91. The molecule has 1 aliphatic carbocycles. The van der Waals surface area contributed by atoms with Crippen molar-refractivity contribution in [1.82, 2.24) is 4.90 Å². The van der Waals surface area contributed by atoms with Crippen LogP contribution in [0.4, 0.5) is 0 Å². The molecule has 0 aromatic rings. The van der Waals surface area contributed by atoms with Gasteiger partial charge in [0.05, 0.1) is 18.1 Å². The second-order valence-electron chi connectivity index (χ2n) is 5.07. The minimum atomic E-state index is -3.24. The van der Waals surface area contributed by atoms with Gasteiger partial charge in [0.15, 0.2) is 9.84 Å². The van der Waals surface area contributed by atoms with Crippen LogP contribution in [0, 0.1) is 0 Å². The Balaban J connectivity index is 2.43. The van der Waals surface area contributed by atoms with E-state index < -0.39 is 15.7 Å². The van der Waals surface area contributed by atoms with E-state index in [1.165, 1.54) is 12.8 Å². The fraction of sp³-hybridized carbons (Fsp3) is 0.917. The third kappa shape index (κ3) is 6.35. The largest absolute Gasteiger partial charge is 0.395 e. The van der Waals surface area contributed by atoms with Gasteiger partial charge in [0.1, 0.15) is 0 Å². The highest BCUT2D eigenvalue weighted by Gasteiger charge is 2.23. The Bertz CT molecular complexity index is 377. The van der Waals surface area contributed by atoms with Crippen LogP contribution < -0.4 is 5.73 Å². The molecule has 7 heteroatoms. The molecule has 0 aliphatic heterocycles. The molecule has 0 spiro atoms. The van der Waals surface area contributed by atoms with Crippen molar-refractivity contribution in [2.24, 2.45) is 5.73 Å². The summed E-state index contributed by atoms with van der Waals surface area (Å²) in [5.41, 5.74) is 4.96. The Morgan fingerprint density at radius 2 is 1.84 bits per heavy atom. The Kier molecular flexibility index (Phi) is 6.74. The molecule has 112 valence electrons. The van der Waals surface area contributed by atoms with Crippen molar-refractivity contribution in [3.05, 3.63) is 0 Å². The first-order chi connectivity index (χ1) is 8.94. The molecule has 3 N–H and O–H groups in total. The number of sulfone groups is 1. The lowest BCUT2D eigenvalue weighted by molar-refractivity contribution is -0.117. The van der Waals surface area contributed by atoms with Gasteiger partial charge >= 0.3 is 0 Å². The number of aliphatic hydroxyl groups is 1. The fourth-order valence-electron chi connectivity index (χ4n) is 2.49. The van der Waals surface area contributed by atoms with Crippen molar-refractivity contribution < 1.29 is 18.3 Å². The zero-order valence-corrected chi connectivity index (χ0v) is 12.1. The zero-order chi connectivity index (χ0) is 14.3. The number of hydrogen-bond donors (Lipinski definition) is 2. The number of hydrogen-bond acceptors (Lipinski definition) is 5. The van der Waals surface area contributed by atoms with E-state index in [2.05, 4.69) is 4.90 Å². The molecule has 0 unspecified atom stereocenters. The molecule has 0 saturated heterocycles. The third-order valence-electron chi connectivity index (χ3n) is 3.58. The normalized spacial score (nSPS) is 17.2. The summed E-state index contributed by atoms with van der Waals surface area (Å²) in [5, 5.41) is 9.05. The maximum absolute atomic E-state index is 11.8. The van der Waals surface area contributed by atoms with E-state index in [9.17, 15) is 13.2 Å². The van der Waals surface area contributed by atoms with Crippen molar-refractivity contribution in [3.8, 4) is 0 Å². The standard InChI is InChI=1S/C12H24N2O4S/c13-12(16)5-9-19(17,18)10-7-14(6-8-15)11-3-1-2-4-11/h11,15H,1-10H2,(H2,13,16). The van der Waals surface area contributed by atoms with Gasteiger partial charge in [-0.1, -0.05) is 12.8 Å². The molecule has 0 radical (unpaired) electrons. The first-order valence-electron chi connectivity index (χ1n) is 6.78. The number of primary amides is 1. The minimum Gasteiger partial charge on any atom is -0.395 e. The van der Waals surface area contributed by atoms with E-state index in [1.807, 2.05) is 0 Å². The van der Waals surface area contributed by atoms with Crippen LogP contribution in [-0.4, -0.2) is 61.6 Å². The first-order valence-corrected chi connectivity index (χ1v) is 8.60. The highest BCUT2D eigenvalue weighted by Crippen LogP contribution is 2.23. The molecular formula is C12H24N2O4S. The summed E-state index contributed by atoms with van der Waals surface area (Å²) in [5.74, 6) is -0.747.